The Morgan fingerprint density at radius 1 is 0.966 bits per heavy atom. The third-order valence-corrected chi connectivity index (χ3v) is 4.15. The maximum atomic E-state index is 13.6. The van der Waals surface area contributed by atoms with Crippen molar-refractivity contribution in [3.05, 3.63) is 89.7 Å². The molecular weight excluding hydrogens is 369 g/mol. The fourth-order valence-corrected chi connectivity index (χ4v) is 2.51. The van der Waals surface area contributed by atoms with Crippen molar-refractivity contribution < 1.29 is 18.7 Å². The number of carbonyl (C=O) groups excluding carboxylic acids is 1. The molecule has 0 saturated carbocycles. The van der Waals surface area contributed by atoms with Gasteiger partial charge < -0.3 is 9.47 Å². The molecular formula is C24H22FNO3. The Labute approximate surface area is 169 Å². The lowest BCUT2D eigenvalue weighted by Crippen LogP contribution is -2.08. The third kappa shape index (κ3) is 6.01. The largest absolute Gasteiger partial charge is 0.494 e. The fraction of sp³-hybridized carbons (Fsp3) is 0.167. The molecule has 0 aliphatic rings. The second-order valence-corrected chi connectivity index (χ2v) is 6.39. The average molecular weight is 391 g/mol. The predicted molar refractivity (Wildman–Crippen MR) is 112 cm³/mol. The van der Waals surface area contributed by atoms with E-state index in [1.807, 2.05) is 0 Å². The maximum absolute atomic E-state index is 13.6. The summed E-state index contributed by atoms with van der Waals surface area (Å²) in [6, 6.07) is 20.0. The number of para-hydroxylation sites is 1. The van der Waals surface area contributed by atoms with Crippen LogP contribution in [0.3, 0.4) is 0 Å². The third-order valence-electron chi connectivity index (χ3n) is 4.15. The molecule has 0 N–H and O–H groups in total. The first-order valence-electron chi connectivity index (χ1n) is 9.49. The van der Waals surface area contributed by atoms with E-state index in [0.717, 1.165) is 24.2 Å². The molecule has 0 bridgehead atoms. The molecule has 0 atom stereocenters. The summed E-state index contributed by atoms with van der Waals surface area (Å²) >= 11 is 0. The van der Waals surface area contributed by atoms with Crippen LogP contribution >= 0.6 is 0 Å². The van der Waals surface area contributed by atoms with Crippen LogP contribution in [0, 0.1) is 5.82 Å². The molecule has 29 heavy (non-hydrogen) atoms. The Bertz CT molecular complexity index is 966. The van der Waals surface area contributed by atoms with Crippen molar-refractivity contribution in [2.24, 2.45) is 4.99 Å². The van der Waals surface area contributed by atoms with Crippen molar-refractivity contribution in [2.45, 2.75) is 19.8 Å². The number of esters is 1. The minimum Gasteiger partial charge on any atom is -0.494 e. The monoisotopic (exact) mass is 391 g/mol. The number of ether oxygens (including phenoxy) is 2. The molecule has 0 aromatic heterocycles. The summed E-state index contributed by atoms with van der Waals surface area (Å²) in [6.45, 7) is 2.76. The summed E-state index contributed by atoms with van der Waals surface area (Å²) in [6.07, 6.45) is 3.62. The van der Waals surface area contributed by atoms with E-state index in [-0.39, 0.29) is 11.5 Å². The normalized spacial score (nSPS) is 10.8. The summed E-state index contributed by atoms with van der Waals surface area (Å²) in [5.41, 5.74) is 1.48. The number of benzene rings is 3. The van der Waals surface area contributed by atoms with Crippen LogP contribution in [0.5, 0.6) is 11.5 Å². The van der Waals surface area contributed by atoms with Crippen LogP contribution in [0.2, 0.25) is 0 Å². The van der Waals surface area contributed by atoms with Gasteiger partial charge in [0.1, 0.15) is 17.3 Å². The summed E-state index contributed by atoms with van der Waals surface area (Å²) in [5.74, 6) is 0.323. The number of hydrogen-bond acceptors (Lipinski definition) is 4. The second kappa shape index (κ2) is 10.2. The van der Waals surface area contributed by atoms with E-state index >= 15 is 0 Å². The smallest absolute Gasteiger partial charge is 0.343 e. The highest BCUT2D eigenvalue weighted by Gasteiger charge is 2.09. The van der Waals surface area contributed by atoms with E-state index in [4.69, 9.17) is 9.47 Å². The Morgan fingerprint density at radius 2 is 1.66 bits per heavy atom. The van der Waals surface area contributed by atoms with Crippen molar-refractivity contribution in [3.63, 3.8) is 0 Å². The van der Waals surface area contributed by atoms with E-state index in [1.54, 1.807) is 72.9 Å². The summed E-state index contributed by atoms with van der Waals surface area (Å²) in [4.78, 5) is 16.4. The van der Waals surface area contributed by atoms with Crippen LogP contribution in [0.15, 0.2) is 77.8 Å². The molecule has 0 amide bonds. The fourth-order valence-electron chi connectivity index (χ4n) is 2.51. The molecule has 3 rings (SSSR count). The highest BCUT2D eigenvalue weighted by Crippen LogP contribution is 2.18. The van der Waals surface area contributed by atoms with Crippen molar-refractivity contribution >= 4 is 17.9 Å². The minimum atomic E-state index is -0.446. The standard InChI is InChI=1S/C24H22FNO3/c1-2-3-16-28-20-14-10-19(11-15-20)24(27)29-21-12-8-18(9-13-21)17-26-23-7-5-4-6-22(23)25/h4-15,17H,2-3,16H2,1H3. The van der Waals surface area contributed by atoms with Gasteiger partial charge in [-0.1, -0.05) is 25.5 Å². The van der Waals surface area contributed by atoms with Gasteiger partial charge in [0.2, 0.25) is 0 Å². The molecule has 5 heteroatoms. The molecule has 0 heterocycles. The van der Waals surface area contributed by atoms with Gasteiger partial charge in [-0.3, -0.25) is 4.99 Å². The Hall–Kier alpha value is -3.47. The lowest BCUT2D eigenvalue weighted by molar-refractivity contribution is 0.0734. The molecule has 3 aromatic rings. The van der Waals surface area contributed by atoms with Gasteiger partial charge in [0.25, 0.3) is 0 Å². The molecule has 3 aromatic carbocycles. The number of aliphatic imine (C=N–C) groups is 1. The zero-order valence-corrected chi connectivity index (χ0v) is 16.2. The van der Waals surface area contributed by atoms with Gasteiger partial charge in [-0.15, -0.1) is 0 Å². The van der Waals surface area contributed by atoms with Gasteiger partial charge in [-0.05, 0) is 72.6 Å². The molecule has 0 saturated heterocycles. The molecule has 0 radical (unpaired) electrons. The van der Waals surface area contributed by atoms with E-state index in [0.29, 0.717) is 17.9 Å². The quantitative estimate of drug-likeness (QED) is 0.206. The lowest BCUT2D eigenvalue weighted by Gasteiger charge is -2.07. The Kier molecular flexibility index (Phi) is 7.11. The first kappa shape index (κ1) is 20.3. The molecule has 0 unspecified atom stereocenters. The van der Waals surface area contributed by atoms with Crippen LogP contribution in [-0.4, -0.2) is 18.8 Å². The van der Waals surface area contributed by atoms with Crippen LogP contribution in [-0.2, 0) is 0 Å². The van der Waals surface area contributed by atoms with Gasteiger partial charge in [-0.2, -0.15) is 0 Å². The van der Waals surface area contributed by atoms with Crippen molar-refractivity contribution in [2.75, 3.05) is 6.61 Å². The topological polar surface area (TPSA) is 47.9 Å². The average Bonchev–Trinajstić information content (AvgIpc) is 2.75. The zero-order chi connectivity index (χ0) is 20.5. The van der Waals surface area contributed by atoms with Crippen LogP contribution in [0.25, 0.3) is 0 Å². The minimum absolute atomic E-state index is 0.269. The lowest BCUT2D eigenvalue weighted by atomic mass is 10.2. The first-order chi connectivity index (χ1) is 14.2. The highest BCUT2D eigenvalue weighted by molar-refractivity contribution is 5.91. The van der Waals surface area contributed by atoms with Gasteiger partial charge >= 0.3 is 5.97 Å². The molecule has 4 nitrogen and oxygen atoms in total. The van der Waals surface area contributed by atoms with Crippen LogP contribution < -0.4 is 9.47 Å². The molecule has 0 aliphatic carbocycles. The van der Waals surface area contributed by atoms with Crippen molar-refractivity contribution in [3.8, 4) is 11.5 Å². The van der Waals surface area contributed by atoms with Gasteiger partial charge in [0.15, 0.2) is 0 Å². The second-order valence-electron chi connectivity index (χ2n) is 6.39. The first-order valence-corrected chi connectivity index (χ1v) is 9.49. The zero-order valence-electron chi connectivity index (χ0n) is 16.2. The molecule has 0 fully saturated rings. The van der Waals surface area contributed by atoms with Gasteiger partial charge in [0.05, 0.1) is 17.9 Å². The number of unbranched alkanes of at least 4 members (excludes halogenated alkanes) is 1. The maximum Gasteiger partial charge on any atom is 0.343 e. The van der Waals surface area contributed by atoms with Crippen molar-refractivity contribution in [1.29, 1.82) is 0 Å². The van der Waals surface area contributed by atoms with E-state index in [9.17, 15) is 9.18 Å². The van der Waals surface area contributed by atoms with Gasteiger partial charge in [-0.25, -0.2) is 9.18 Å². The van der Waals surface area contributed by atoms with Crippen LogP contribution in [0.1, 0.15) is 35.7 Å². The van der Waals surface area contributed by atoms with Crippen molar-refractivity contribution in [1.82, 2.24) is 0 Å². The Balaban J connectivity index is 1.57. The van der Waals surface area contributed by atoms with Gasteiger partial charge in [0, 0.05) is 6.21 Å². The van der Waals surface area contributed by atoms with Crippen LogP contribution in [0.4, 0.5) is 10.1 Å². The number of hydrogen-bond donors (Lipinski definition) is 0. The molecule has 0 spiro atoms. The number of nitrogens with zero attached hydrogens (tertiary/aromatic N) is 1. The Morgan fingerprint density at radius 3 is 2.34 bits per heavy atom. The molecule has 148 valence electrons. The van der Waals surface area contributed by atoms with E-state index in [1.165, 1.54) is 6.07 Å². The van der Waals surface area contributed by atoms with E-state index < -0.39 is 5.97 Å². The summed E-state index contributed by atoms with van der Waals surface area (Å²) < 4.78 is 24.6. The highest BCUT2D eigenvalue weighted by atomic mass is 19.1. The molecule has 0 aliphatic heterocycles. The number of rotatable bonds is 8. The SMILES string of the molecule is CCCCOc1ccc(C(=O)Oc2ccc(C=Nc3ccccc3F)cc2)cc1. The number of halogens is 1. The van der Waals surface area contributed by atoms with E-state index in [2.05, 4.69) is 11.9 Å². The predicted octanol–water partition coefficient (Wildman–Crippen LogP) is 5.97. The number of carbonyl (C=O) groups is 1. The summed E-state index contributed by atoms with van der Waals surface area (Å²) in [7, 11) is 0. The summed E-state index contributed by atoms with van der Waals surface area (Å²) in [5, 5.41) is 0.